The summed E-state index contributed by atoms with van der Waals surface area (Å²) in [5, 5.41) is 5.85. The first kappa shape index (κ1) is 24.5. The van der Waals surface area contributed by atoms with E-state index in [0.29, 0.717) is 11.6 Å². The lowest BCUT2D eigenvalue weighted by atomic mass is 10.1. The second kappa shape index (κ2) is 12.2. The Morgan fingerprint density at radius 3 is 2.61 bits per heavy atom. The number of amides is 2. The van der Waals surface area contributed by atoms with Crippen molar-refractivity contribution in [3.8, 4) is 0 Å². The lowest BCUT2D eigenvalue weighted by Crippen LogP contribution is -2.46. The van der Waals surface area contributed by atoms with Crippen LogP contribution in [0.2, 0.25) is 0 Å². The molecular formula is C26H36N6O. The Bertz CT molecular complexity index is 951. The van der Waals surface area contributed by atoms with Gasteiger partial charge in [-0.15, -0.1) is 0 Å². The number of hydrogen-bond donors (Lipinski definition) is 2. The summed E-state index contributed by atoms with van der Waals surface area (Å²) < 4.78 is 0. The molecule has 0 radical (unpaired) electrons. The highest BCUT2D eigenvalue weighted by molar-refractivity contribution is 5.94. The maximum absolute atomic E-state index is 12.5. The highest BCUT2D eigenvalue weighted by Gasteiger charge is 2.16. The number of anilines is 1. The van der Waals surface area contributed by atoms with Crippen LogP contribution in [0.25, 0.3) is 0 Å². The van der Waals surface area contributed by atoms with Gasteiger partial charge in [0.15, 0.2) is 5.82 Å². The van der Waals surface area contributed by atoms with Crippen LogP contribution in [0.3, 0.4) is 0 Å². The van der Waals surface area contributed by atoms with Crippen molar-refractivity contribution in [3.05, 3.63) is 66.2 Å². The van der Waals surface area contributed by atoms with Crippen molar-refractivity contribution in [3.63, 3.8) is 0 Å². The predicted octanol–water partition coefficient (Wildman–Crippen LogP) is 4.39. The molecule has 2 aromatic rings. The molecule has 0 saturated carbocycles. The number of aryl methyl sites for hydroxylation is 2. The number of nitrogens with one attached hydrogen (secondary N) is 2. The van der Waals surface area contributed by atoms with Crippen LogP contribution in [-0.4, -0.2) is 65.9 Å². The third-order valence-corrected chi connectivity index (χ3v) is 5.87. The number of pyridine rings is 1. The largest absolute Gasteiger partial charge is 0.354 e. The number of aliphatic imine (C=N–C) groups is 1. The lowest BCUT2D eigenvalue weighted by molar-refractivity contribution is 0.216. The molecule has 1 saturated heterocycles. The van der Waals surface area contributed by atoms with Crippen molar-refractivity contribution in [2.24, 2.45) is 4.99 Å². The molecule has 2 amide bonds. The number of rotatable bonds is 8. The fraction of sp³-hybridized carbons (Fsp3) is 0.423. The molecule has 1 aromatic heterocycles. The van der Waals surface area contributed by atoms with Gasteiger partial charge in [0, 0.05) is 32.2 Å². The Labute approximate surface area is 197 Å². The van der Waals surface area contributed by atoms with Gasteiger partial charge in [0.2, 0.25) is 0 Å². The molecule has 7 heteroatoms. The number of nitrogens with zero attached hydrogens (tertiary/aromatic N) is 4. The molecule has 33 heavy (non-hydrogen) atoms. The third-order valence-electron chi connectivity index (χ3n) is 5.87. The standard InChI is InChI=1S/C26H36N6O/c1-5-24(32-18-16-31(4)17-19-32)30-25-20(2)14-15-23(28-25)29-26(33)27-21(3)10-9-13-22-11-7-6-8-12-22/h5-8,11-12,14-15,21H,1,9-10,13,16-19H2,2-4H3,(H2,27,28,29,33). The second-order valence-electron chi connectivity index (χ2n) is 8.68. The molecule has 0 aliphatic carbocycles. The normalized spacial score (nSPS) is 15.7. The second-order valence-corrected chi connectivity index (χ2v) is 8.68. The molecule has 1 unspecified atom stereocenters. The first-order valence-electron chi connectivity index (χ1n) is 11.7. The first-order chi connectivity index (χ1) is 15.9. The quantitative estimate of drug-likeness (QED) is 0.464. The van der Waals surface area contributed by atoms with Crippen molar-refractivity contribution in [1.29, 1.82) is 0 Å². The van der Waals surface area contributed by atoms with Crippen LogP contribution in [0.1, 0.15) is 30.9 Å². The van der Waals surface area contributed by atoms with Crippen LogP contribution in [0.15, 0.2) is 60.1 Å². The highest BCUT2D eigenvalue weighted by atomic mass is 16.2. The van der Waals surface area contributed by atoms with Gasteiger partial charge in [-0.3, -0.25) is 5.32 Å². The van der Waals surface area contributed by atoms with Gasteiger partial charge >= 0.3 is 6.03 Å². The van der Waals surface area contributed by atoms with Crippen molar-refractivity contribution in [2.75, 3.05) is 38.5 Å². The molecule has 7 nitrogen and oxygen atoms in total. The van der Waals surface area contributed by atoms with E-state index in [9.17, 15) is 4.79 Å². The minimum Gasteiger partial charge on any atom is -0.354 e. The molecular weight excluding hydrogens is 412 g/mol. The lowest BCUT2D eigenvalue weighted by Gasteiger charge is -2.33. The summed E-state index contributed by atoms with van der Waals surface area (Å²) in [6.07, 6.45) is 4.71. The Balaban J connectivity index is 1.54. The Kier molecular flexibility index (Phi) is 9.01. The summed E-state index contributed by atoms with van der Waals surface area (Å²) in [6.45, 7) is 11.7. The average molecular weight is 449 g/mol. The number of hydrogen-bond acceptors (Lipinski definition) is 4. The molecule has 1 fully saturated rings. The molecule has 2 N–H and O–H groups in total. The fourth-order valence-corrected chi connectivity index (χ4v) is 3.80. The molecule has 1 aliphatic rings. The zero-order valence-corrected chi connectivity index (χ0v) is 20.1. The minimum atomic E-state index is -0.253. The van der Waals surface area contributed by atoms with Gasteiger partial charge in [-0.2, -0.15) is 0 Å². The summed E-state index contributed by atoms with van der Waals surface area (Å²) >= 11 is 0. The van der Waals surface area contributed by atoms with Gasteiger partial charge < -0.3 is 15.1 Å². The first-order valence-corrected chi connectivity index (χ1v) is 11.7. The van der Waals surface area contributed by atoms with E-state index < -0.39 is 0 Å². The maximum atomic E-state index is 12.5. The fourth-order valence-electron chi connectivity index (χ4n) is 3.80. The number of piperazine rings is 1. The van der Waals surface area contributed by atoms with Crippen LogP contribution in [0.5, 0.6) is 0 Å². The number of carbonyl (C=O) groups is 1. The van der Waals surface area contributed by atoms with Crippen molar-refractivity contribution in [1.82, 2.24) is 20.1 Å². The number of benzene rings is 1. The van der Waals surface area contributed by atoms with E-state index in [1.54, 1.807) is 12.1 Å². The number of urea groups is 1. The third kappa shape index (κ3) is 7.71. The van der Waals surface area contributed by atoms with Crippen molar-refractivity contribution < 1.29 is 4.79 Å². The molecule has 0 spiro atoms. The number of amidine groups is 1. The number of likely N-dealkylation sites (N-methyl/N-ethyl adjacent to an activating group) is 1. The van der Waals surface area contributed by atoms with Crippen LogP contribution in [0, 0.1) is 6.92 Å². The van der Waals surface area contributed by atoms with Crippen molar-refractivity contribution in [2.45, 2.75) is 39.2 Å². The van der Waals surface area contributed by atoms with E-state index in [2.05, 4.69) is 63.3 Å². The van der Waals surface area contributed by atoms with Gasteiger partial charge in [-0.1, -0.05) is 43.0 Å². The van der Waals surface area contributed by atoms with Crippen LogP contribution in [-0.2, 0) is 6.42 Å². The topological polar surface area (TPSA) is 72.9 Å². The number of carbonyl (C=O) groups excluding carboxylic acids is 1. The van der Waals surface area contributed by atoms with E-state index in [-0.39, 0.29) is 12.1 Å². The van der Waals surface area contributed by atoms with E-state index >= 15 is 0 Å². The number of aromatic nitrogens is 1. The van der Waals surface area contributed by atoms with Gasteiger partial charge in [-0.25, -0.2) is 14.8 Å². The van der Waals surface area contributed by atoms with Gasteiger partial charge in [-0.05, 0) is 63.4 Å². The van der Waals surface area contributed by atoms with Crippen LogP contribution < -0.4 is 10.6 Å². The van der Waals surface area contributed by atoms with Crippen molar-refractivity contribution >= 4 is 23.5 Å². The summed E-state index contributed by atoms with van der Waals surface area (Å²) in [5.74, 6) is 1.89. The van der Waals surface area contributed by atoms with Gasteiger partial charge in [0.1, 0.15) is 11.7 Å². The molecule has 2 heterocycles. The van der Waals surface area contributed by atoms with Crippen LogP contribution in [0.4, 0.5) is 16.4 Å². The van der Waals surface area contributed by atoms with E-state index in [0.717, 1.165) is 56.8 Å². The Hall–Kier alpha value is -3.19. The monoisotopic (exact) mass is 448 g/mol. The average Bonchev–Trinajstić information content (AvgIpc) is 2.80. The summed E-state index contributed by atoms with van der Waals surface area (Å²) in [5.41, 5.74) is 2.27. The van der Waals surface area contributed by atoms with Crippen LogP contribution >= 0.6 is 0 Å². The molecule has 1 aliphatic heterocycles. The summed E-state index contributed by atoms with van der Waals surface area (Å²) in [7, 11) is 2.12. The predicted molar refractivity (Wildman–Crippen MR) is 136 cm³/mol. The SMILES string of the molecule is C=CC(=Nc1nc(NC(=O)NC(C)CCCc2ccccc2)ccc1C)N1CCN(C)CC1. The van der Waals surface area contributed by atoms with E-state index in [1.807, 2.05) is 26.0 Å². The van der Waals surface area contributed by atoms with E-state index in [1.165, 1.54) is 5.56 Å². The molecule has 1 atom stereocenters. The summed E-state index contributed by atoms with van der Waals surface area (Å²) in [4.78, 5) is 26.3. The Morgan fingerprint density at radius 1 is 1.18 bits per heavy atom. The molecule has 3 rings (SSSR count). The zero-order valence-electron chi connectivity index (χ0n) is 20.1. The molecule has 1 aromatic carbocycles. The maximum Gasteiger partial charge on any atom is 0.320 e. The zero-order chi connectivity index (χ0) is 23.6. The summed E-state index contributed by atoms with van der Waals surface area (Å²) in [6, 6.07) is 14.0. The smallest absolute Gasteiger partial charge is 0.320 e. The molecule has 176 valence electrons. The van der Waals surface area contributed by atoms with E-state index in [4.69, 9.17) is 4.99 Å². The van der Waals surface area contributed by atoms with Gasteiger partial charge in [0.25, 0.3) is 0 Å². The van der Waals surface area contributed by atoms with Gasteiger partial charge in [0.05, 0.1) is 0 Å². The molecule has 0 bridgehead atoms. The Morgan fingerprint density at radius 2 is 1.91 bits per heavy atom. The highest BCUT2D eigenvalue weighted by Crippen LogP contribution is 2.20. The minimum absolute atomic E-state index is 0.0706.